The SMILES string of the molecule is CS(=O)(=O)Nc1ccc(C(C(=O)NCc2ccc(C(F)(F)F)nc2SC2CCCCC2)C2CC2)cc1F. The van der Waals surface area contributed by atoms with Gasteiger partial charge in [-0.15, -0.1) is 11.8 Å². The fraction of sp³-hybridized carbons (Fsp3) is 0.520. The van der Waals surface area contributed by atoms with Crippen molar-refractivity contribution in [3.05, 3.63) is 53.0 Å². The Morgan fingerprint density at radius 3 is 2.41 bits per heavy atom. The second-order valence-electron chi connectivity index (χ2n) is 9.68. The number of benzene rings is 1. The molecule has 1 aromatic heterocycles. The average molecular weight is 560 g/mol. The van der Waals surface area contributed by atoms with Gasteiger partial charge in [0.25, 0.3) is 0 Å². The number of alkyl halides is 3. The summed E-state index contributed by atoms with van der Waals surface area (Å²) in [7, 11) is -3.67. The van der Waals surface area contributed by atoms with Crippen LogP contribution in [0.4, 0.5) is 23.2 Å². The van der Waals surface area contributed by atoms with E-state index >= 15 is 0 Å². The maximum atomic E-state index is 14.6. The molecule has 0 spiro atoms. The van der Waals surface area contributed by atoms with Gasteiger partial charge in [0.05, 0.1) is 17.9 Å². The van der Waals surface area contributed by atoms with E-state index in [0.29, 0.717) is 11.1 Å². The van der Waals surface area contributed by atoms with Gasteiger partial charge in [-0.3, -0.25) is 9.52 Å². The molecule has 1 heterocycles. The van der Waals surface area contributed by atoms with E-state index in [0.717, 1.165) is 63.3 Å². The van der Waals surface area contributed by atoms with Crippen LogP contribution in [0.1, 0.15) is 67.7 Å². The molecular formula is C25H29F4N3O3S2. The Balaban J connectivity index is 1.51. The lowest BCUT2D eigenvalue weighted by molar-refractivity contribution is -0.141. The number of hydrogen-bond acceptors (Lipinski definition) is 5. The number of thioether (sulfide) groups is 1. The number of aromatic nitrogens is 1. The first-order chi connectivity index (χ1) is 17.4. The monoisotopic (exact) mass is 559 g/mol. The summed E-state index contributed by atoms with van der Waals surface area (Å²) in [6.07, 6.45) is 2.91. The van der Waals surface area contributed by atoms with Crippen LogP contribution < -0.4 is 10.0 Å². The molecule has 2 saturated carbocycles. The topological polar surface area (TPSA) is 88.2 Å². The molecule has 1 unspecified atom stereocenters. The van der Waals surface area contributed by atoms with E-state index in [1.165, 1.54) is 30.0 Å². The van der Waals surface area contributed by atoms with E-state index in [9.17, 15) is 30.8 Å². The van der Waals surface area contributed by atoms with Crippen molar-refractivity contribution in [2.75, 3.05) is 11.0 Å². The standard InChI is InChI=1S/C25H29F4N3O3S2/c1-37(34,35)32-20-11-9-16(13-19(20)26)22(15-7-8-15)23(33)30-14-17-10-12-21(25(27,28)29)31-24(17)36-18-5-3-2-4-6-18/h9-13,15,18,22,32H,2-8,14H2,1H3,(H,30,33). The Bertz CT molecular complexity index is 1240. The fourth-order valence-corrected chi connectivity index (χ4v) is 6.46. The van der Waals surface area contributed by atoms with Gasteiger partial charge in [0.2, 0.25) is 15.9 Å². The van der Waals surface area contributed by atoms with Crippen LogP contribution in [0.2, 0.25) is 0 Å². The first-order valence-corrected chi connectivity index (χ1v) is 15.0. The van der Waals surface area contributed by atoms with Gasteiger partial charge >= 0.3 is 6.18 Å². The van der Waals surface area contributed by atoms with Crippen molar-refractivity contribution in [1.82, 2.24) is 10.3 Å². The molecule has 1 atom stereocenters. The molecule has 1 aromatic carbocycles. The Kier molecular flexibility index (Phi) is 8.37. The van der Waals surface area contributed by atoms with Gasteiger partial charge < -0.3 is 5.32 Å². The number of nitrogens with one attached hydrogen (secondary N) is 2. The zero-order valence-electron chi connectivity index (χ0n) is 20.3. The zero-order valence-corrected chi connectivity index (χ0v) is 21.9. The van der Waals surface area contributed by atoms with Crippen molar-refractivity contribution >= 4 is 33.4 Å². The summed E-state index contributed by atoms with van der Waals surface area (Å²) in [5.41, 5.74) is -0.249. The van der Waals surface area contributed by atoms with Gasteiger partial charge in [-0.2, -0.15) is 13.2 Å². The number of hydrogen-bond donors (Lipinski definition) is 2. The van der Waals surface area contributed by atoms with E-state index in [1.807, 2.05) is 0 Å². The second kappa shape index (κ2) is 11.2. The third-order valence-corrected chi connectivity index (χ3v) is 8.51. The molecule has 2 aliphatic carbocycles. The molecule has 37 heavy (non-hydrogen) atoms. The molecule has 0 aliphatic heterocycles. The van der Waals surface area contributed by atoms with Crippen LogP contribution in [-0.2, 0) is 27.5 Å². The quantitative estimate of drug-likeness (QED) is 0.377. The van der Waals surface area contributed by atoms with Gasteiger partial charge in [-0.25, -0.2) is 17.8 Å². The summed E-state index contributed by atoms with van der Waals surface area (Å²) in [4.78, 5) is 17.1. The maximum absolute atomic E-state index is 14.6. The van der Waals surface area contributed by atoms with Crippen LogP contribution >= 0.6 is 11.8 Å². The smallest absolute Gasteiger partial charge is 0.351 e. The molecule has 2 aliphatic rings. The summed E-state index contributed by atoms with van der Waals surface area (Å²) in [5, 5.41) is 3.27. The highest BCUT2D eigenvalue weighted by atomic mass is 32.2. The molecule has 1 amide bonds. The normalized spacial score (nSPS) is 17.9. The Morgan fingerprint density at radius 2 is 1.81 bits per heavy atom. The van der Waals surface area contributed by atoms with Crippen LogP contribution in [0.5, 0.6) is 0 Å². The third kappa shape index (κ3) is 7.59. The van der Waals surface area contributed by atoms with Crippen molar-refractivity contribution in [3.63, 3.8) is 0 Å². The number of anilines is 1. The lowest BCUT2D eigenvalue weighted by atomic mass is 9.93. The molecule has 0 saturated heterocycles. The van der Waals surface area contributed by atoms with Crippen LogP contribution in [0.15, 0.2) is 35.4 Å². The molecule has 0 radical (unpaired) electrons. The second-order valence-corrected chi connectivity index (χ2v) is 12.7. The lowest BCUT2D eigenvalue weighted by Crippen LogP contribution is -2.30. The summed E-state index contributed by atoms with van der Waals surface area (Å²) >= 11 is 1.34. The Morgan fingerprint density at radius 1 is 1.11 bits per heavy atom. The molecule has 12 heteroatoms. The third-order valence-electron chi connectivity index (χ3n) is 6.54. The molecule has 2 N–H and O–H groups in total. The number of pyridine rings is 1. The fourth-order valence-electron chi connectivity index (χ4n) is 4.57. The molecule has 202 valence electrons. The van der Waals surface area contributed by atoms with Crippen LogP contribution in [0, 0.1) is 11.7 Å². The van der Waals surface area contributed by atoms with Crippen molar-refractivity contribution in [2.24, 2.45) is 5.92 Å². The van der Waals surface area contributed by atoms with E-state index < -0.39 is 33.6 Å². The van der Waals surface area contributed by atoms with Crippen molar-refractivity contribution in [2.45, 2.75) is 73.9 Å². The van der Waals surface area contributed by atoms with Crippen LogP contribution in [0.25, 0.3) is 0 Å². The summed E-state index contributed by atoms with van der Waals surface area (Å²) in [6.45, 7) is -0.00154. The number of rotatable bonds is 9. The van der Waals surface area contributed by atoms with Gasteiger partial charge in [0, 0.05) is 17.4 Å². The number of amides is 1. The zero-order chi connectivity index (χ0) is 26.8. The largest absolute Gasteiger partial charge is 0.433 e. The average Bonchev–Trinajstić information content (AvgIpc) is 3.64. The molecule has 0 bridgehead atoms. The highest BCUT2D eigenvalue weighted by molar-refractivity contribution is 7.99. The van der Waals surface area contributed by atoms with E-state index in [2.05, 4.69) is 15.0 Å². The Labute approximate surface area is 218 Å². The van der Waals surface area contributed by atoms with Crippen molar-refractivity contribution in [1.29, 1.82) is 0 Å². The van der Waals surface area contributed by atoms with Crippen molar-refractivity contribution < 1.29 is 30.8 Å². The Hall–Kier alpha value is -2.34. The summed E-state index contributed by atoms with van der Waals surface area (Å²) in [5.74, 6) is -1.80. The molecule has 2 fully saturated rings. The van der Waals surface area contributed by atoms with E-state index in [1.54, 1.807) is 0 Å². The summed E-state index contributed by atoms with van der Waals surface area (Å²) in [6, 6.07) is 6.24. The number of nitrogens with zero attached hydrogens (tertiary/aromatic N) is 1. The van der Waals surface area contributed by atoms with Gasteiger partial charge in [-0.1, -0.05) is 31.4 Å². The number of halogens is 4. The molecule has 4 rings (SSSR count). The highest BCUT2D eigenvalue weighted by Crippen LogP contribution is 2.43. The first-order valence-electron chi connectivity index (χ1n) is 12.2. The summed E-state index contributed by atoms with van der Waals surface area (Å²) < 4.78 is 79.5. The number of sulfonamides is 1. The minimum Gasteiger partial charge on any atom is -0.351 e. The lowest BCUT2D eigenvalue weighted by Gasteiger charge is -2.23. The van der Waals surface area contributed by atoms with Gasteiger partial charge in [0.15, 0.2) is 0 Å². The van der Waals surface area contributed by atoms with Gasteiger partial charge in [-0.05, 0) is 55.4 Å². The predicted octanol–water partition coefficient (Wildman–Crippen LogP) is 5.85. The van der Waals surface area contributed by atoms with Crippen LogP contribution in [-0.4, -0.2) is 30.8 Å². The van der Waals surface area contributed by atoms with Gasteiger partial charge in [0.1, 0.15) is 16.5 Å². The van der Waals surface area contributed by atoms with E-state index in [4.69, 9.17) is 0 Å². The van der Waals surface area contributed by atoms with Crippen molar-refractivity contribution in [3.8, 4) is 0 Å². The molecule has 2 aromatic rings. The first kappa shape index (κ1) is 27.7. The highest BCUT2D eigenvalue weighted by Gasteiger charge is 2.38. The minimum atomic E-state index is -4.57. The molecular weight excluding hydrogens is 530 g/mol. The van der Waals surface area contributed by atoms with E-state index in [-0.39, 0.29) is 34.3 Å². The minimum absolute atomic E-state index is 0.00154. The number of carbonyl (C=O) groups excluding carboxylic acids is 1. The number of carbonyl (C=O) groups is 1. The maximum Gasteiger partial charge on any atom is 0.433 e. The predicted molar refractivity (Wildman–Crippen MR) is 134 cm³/mol. The molecule has 6 nitrogen and oxygen atoms in total. The van der Waals surface area contributed by atoms with Crippen LogP contribution in [0.3, 0.4) is 0 Å².